The van der Waals surface area contributed by atoms with Crippen molar-refractivity contribution in [1.29, 1.82) is 0 Å². The van der Waals surface area contributed by atoms with Gasteiger partial charge in [0.25, 0.3) is 0 Å². The summed E-state index contributed by atoms with van der Waals surface area (Å²) in [7, 11) is 0. The third-order valence-corrected chi connectivity index (χ3v) is 4.20. The van der Waals surface area contributed by atoms with E-state index >= 15 is 0 Å². The van der Waals surface area contributed by atoms with Crippen LogP contribution in [0.5, 0.6) is 0 Å². The van der Waals surface area contributed by atoms with Gasteiger partial charge in [0.1, 0.15) is 18.1 Å². The number of nitrogens with one attached hydrogen (secondary N) is 3. The molecule has 0 aromatic heterocycles. The van der Waals surface area contributed by atoms with Crippen molar-refractivity contribution in [2.45, 2.75) is 57.8 Å². The standard InChI is InChI=1S/C16H29N5O6S/c1-7(2)12(15(25)20-10(6-28)16(26)27)21-13(23)8(3)19-14(24)9(17)4-5-11(18)22/h7-10,12,28H,4-6,17H2,1-3H3,(H2,18,22)(H,19,24)(H,20,25)(H,21,23)(H,26,27). The van der Waals surface area contributed by atoms with E-state index in [-0.39, 0.29) is 24.5 Å². The van der Waals surface area contributed by atoms with Crippen LogP contribution in [0.3, 0.4) is 0 Å². The van der Waals surface area contributed by atoms with Crippen LogP contribution in [-0.4, -0.2) is 64.6 Å². The van der Waals surface area contributed by atoms with E-state index in [1.165, 1.54) is 6.92 Å². The Morgan fingerprint density at radius 3 is 1.96 bits per heavy atom. The molecule has 0 saturated heterocycles. The summed E-state index contributed by atoms with van der Waals surface area (Å²) in [6.45, 7) is 4.74. The number of hydrogen-bond acceptors (Lipinski definition) is 7. The first-order valence-electron chi connectivity index (χ1n) is 8.69. The molecular formula is C16H29N5O6S. The summed E-state index contributed by atoms with van der Waals surface area (Å²) in [5.41, 5.74) is 10.6. The zero-order valence-corrected chi connectivity index (χ0v) is 17.0. The second-order valence-electron chi connectivity index (χ2n) is 6.65. The van der Waals surface area contributed by atoms with Crippen molar-refractivity contribution in [1.82, 2.24) is 16.0 Å². The van der Waals surface area contributed by atoms with Gasteiger partial charge in [0, 0.05) is 12.2 Å². The van der Waals surface area contributed by atoms with Crippen molar-refractivity contribution >= 4 is 42.2 Å². The number of aliphatic carboxylic acids is 1. The summed E-state index contributed by atoms with van der Waals surface area (Å²) >= 11 is 3.87. The quantitative estimate of drug-likeness (QED) is 0.173. The zero-order valence-electron chi connectivity index (χ0n) is 16.1. The highest BCUT2D eigenvalue weighted by molar-refractivity contribution is 7.80. The Bertz CT molecular complexity index is 600. The van der Waals surface area contributed by atoms with Gasteiger partial charge in [-0.15, -0.1) is 0 Å². The molecule has 4 atom stereocenters. The molecule has 4 unspecified atom stereocenters. The first kappa shape index (κ1) is 25.7. The van der Waals surface area contributed by atoms with Crippen LogP contribution in [0.1, 0.15) is 33.6 Å². The molecule has 0 aromatic carbocycles. The molecule has 0 aliphatic heterocycles. The summed E-state index contributed by atoms with van der Waals surface area (Å²) in [5, 5.41) is 16.2. The van der Waals surface area contributed by atoms with Crippen LogP contribution in [0.15, 0.2) is 0 Å². The molecule has 4 amide bonds. The molecule has 8 N–H and O–H groups in total. The van der Waals surface area contributed by atoms with E-state index in [9.17, 15) is 24.0 Å². The molecule has 0 aliphatic carbocycles. The lowest BCUT2D eigenvalue weighted by Gasteiger charge is -2.25. The van der Waals surface area contributed by atoms with Crippen molar-refractivity contribution in [3.8, 4) is 0 Å². The van der Waals surface area contributed by atoms with Crippen LogP contribution in [0, 0.1) is 5.92 Å². The molecule has 160 valence electrons. The minimum absolute atomic E-state index is 0.0346. The average Bonchev–Trinajstić information content (AvgIpc) is 2.60. The van der Waals surface area contributed by atoms with Gasteiger partial charge in [-0.2, -0.15) is 12.6 Å². The van der Waals surface area contributed by atoms with Crippen LogP contribution in [0.2, 0.25) is 0 Å². The summed E-state index contributed by atoms with van der Waals surface area (Å²) < 4.78 is 0. The summed E-state index contributed by atoms with van der Waals surface area (Å²) in [6.07, 6.45) is -0.0342. The lowest BCUT2D eigenvalue weighted by molar-refractivity contribution is -0.142. The monoisotopic (exact) mass is 419 g/mol. The van der Waals surface area contributed by atoms with E-state index in [0.717, 1.165) is 0 Å². The van der Waals surface area contributed by atoms with Gasteiger partial charge in [-0.25, -0.2) is 4.79 Å². The molecule has 28 heavy (non-hydrogen) atoms. The van der Waals surface area contributed by atoms with Gasteiger partial charge in [-0.3, -0.25) is 19.2 Å². The van der Waals surface area contributed by atoms with Gasteiger partial charge in [-0.05, 0) is 19.3 Å². The average molecular weight is 420 g/mol. The maximum Gasteiger partial charge on any atom is 0.327 e. The second-order valence-corrected chi connectivity index (χ2v) is 7.02. The topological polar surface area (TPSA) is 194 Å². The van der Waals surface area contributed by atoms with Gasteiger partial charge in [0.05, 0.1) is 6.04 Å². The molecule has 0 saturated carbocycles. The molecule has 11 nitrogen and oxygen atoms in total. The minimum Gasteiger partial charge on any atom is -0.480 e. The van der Waals surface area contributed by atoms with Crippen LogP contribution < -0.4 is 27.4 Å². The fraction of sp³-hybridized carbons (Fsp3) is 0.688. The van der Waals surface area contributed by atoms with Crippen molar-refractivity contribution < 1.29 is 29.1 Å². The highest BCUT2D eigenvalue weighted by Gasteiger charge is 2.30. The van der Waals surface area contributed by atoms with Gasteiger partial charge in [0.15, 0.2) is 0 Å². The molecule has 0 aliphatic rings. The van der Waals surface area contributed by atoms with E-state index in [2.05, 4.69) is 28.6 Å². The smallest absolute Gasteiger partial charge is 0.327 e. The Hall–Kier alpha value is -2.34. The van der Waals surface area contributed by atoms with Gasteiger partial charge in [-0.1, -0.05) is 13.8 Å². The molecule has 0 rings (SSSR count). The Morgan fingerprint density at radius 1 is 0.964 bits per heavy atom. The van der Waals surface area contributed by atoms with Gasteiger partial charge < -0.3 is 32.5 Å². The normalized spacial score (nSPS) is 15.1. The van der Waals surface area contributed by atoms with E-state index < -0.39 is 53.8 Å². The second kappa shape index (κ2) is 12.2. The largest absolute Gasteiger partial charge is 0.480 e. The number of nitrogens with two attached hydrogens (primary N) is 2. The highest BCUT2D eigenvalue weighted by atomic mass is 32.1. The number of amides is 4. The lowest BCUT2D eigenvalue weighted by Crippen LogP contribution is -2.58. The summed E-state index contributed by atoms with van der Waals surface area (Å²) in [6, 6.07) is -4.24. The Balaban J connectivity index is 4.86. The SMILES string of the molecule is CC(NC(=O)C(N)CCC(N)=O)C(=O)NC(C(=O)NC(CS)C(=O)O)C(C)C. The van der Waals surface area contributed by atoms with Gasteiger partial charge in [0.2, 0.25) is 23.6 Å². The molecule has 0 bridgehead atoms. The Morgan fingerprint density at radius 2 is 1.54 bits per heavy atom. The lowest BCUT2D eigenvalue weighted by atomic mass is 10.0. The molecule has 0 radical (unpaired) electrons. The first-order chi connectivity index (χ1) is 12.9. The zero-order chi connectivity index (χ0) is 22.0. The van der Waals surface area contributed by atoms with Crippen molar-refractivity contribution in [2.75, 3.05) is 5.75 Å². The van der Waals surface area contributed by atoms with Crippen molar-refractivity contribution in [3.63, 3.8) is 0 Å². The van der Waals surface area contributed by atoms with E-state index in [1.807, 2.05) is 0 Å². The molecular weight excluding hydrogens is 390 g/mol. The van der Waals surface area contributed by atoms with E-state index in [4.69, 9.17) is 16.6 Å². The fourth-order valence-corrected chi connectivity index (χ4v) is 2.32. The molecule has 0 heterocycles. The van der Waals surface area contributed by atoms with Crippen LogP contribution >= 0.6 is 12.6 Å². The van der Waals surface area contributed by atoms with Gasteiger partial charge >= 0.3 is 5.97 Å². The number of rotatable bonds is 12. The maximum atomic E-state index is 12.3. The molecule has 0 aromatic rings. The number of carboxylic acids is 1. The van der Waals surface area contributed by atoms with E-state index in [0.29, 0.717) is 0 Å². The van der Waals surface area contributed by atoms with E-state index in [1.54, 1.807) is 13.8 Å². The molecule has 0 fully saturated rings. The van der Waals surface area contributed by atoms with Crippen molar-refractivity contribution in [3.05, 3.63) is 0 Å². The highest BCUT2D eigenvalue weighted by Crippen LogP contribution is 2.04. The van der Waals surface area contributed by atoms with Crippen molar-refractivity contribution in [2.24, 2.45) is 17.4 Å². The maximum absolute atomic E-state index is 12.3. The number of hydrogen-bond donors (Lipinski definition) is 7. The number of primary amides is 1. The number of carboxylic acid groups (broad SMARTS) is 1. The summed E-state index contributed by atoms with van der Waals surface area (Å²) in [5.74, 6) is -4.28. The third kappa shape index (κ3) is 9.04. The number of thiol groups is 1. The van der Waals surface area contributed by atoms with Crippen LogP contribution in [0.25, 0.3) is 0 Å². The predicted molar refractivity (Wildman–Crippen MR) is 104 cm³/mol. The summed E-state index contributed by atoms with van der Waals surface area (Å²) in [4.78, 5) is 58.4. The Labute approximate surface area is 168 Å². The number of carbonyl (C=O) groups excluding carboxylic acids is 4. The molecule has 12 heteroatoms. The first-order valence-corrected chi connectivity index (χ1v) is 9.32. The fourth-order valence-electron chi connectivity index (χ4n) is 2.08. The number of carbonyl (C=O) groups is 5. The van der Waals surface area contributed by atoms with Crippen LogP contribution in [0.4, 0.5) is 0 Å². The molecule has 0 spiro atoms. The van der Waals surface area contributed by atoms with Crippen LogP contribution in [-0.2, 0) is 24.0 Å². The Kier molecular flexibility index (Phi) is 11.2. The third-order valence-electron chi connectivity index (χ3n) is 3.83. The predicted octanol–water partition coefficient (Wildman–Crippen LogP) is -2.28. The minimum atomic E-state index is -1.25.